The number of carbonyl (C=O) groups excluding carboxylic acids is 1. The summed E-state index contributed by atoms with van der Waals surface area (Å²) in [6, 6.07) is 0. The van der Waals surface area contributed by atoms with Crippen LogP contribution in [-0.2, 0) is 17.8 Å². The first kappa shape index (κ1) is 15.8. The average Bonchev–Trinajstić information content (AvgIpc) is 3.28. The van der Waals surface area contributed by atoms with Crippen molar-refractivity contribution in [2.75, 3.05) is 13.1 Å². The highest BCUT2D eigenvalue weighted by Gasteiger charge is 2.39. The van der Waals surface area contributed by atoms with Crippen LogP contribution in [0.4, 0.5) is 0 Å². The Balaban J connectivity index is 1.27. The molecule has 0 N–H and O–H groups in total. The number of hydrogen-bond donors (Lipinski definition) is 0. The van der Waals surface area contributed by atoms with Gasteiger partial charge in [0.05, 0.1) is 5.92 Å². The molecule has 2 aliphatic carbocycles. The van der Waals surface area contributed by atoms with Gasteiger partial charge in [0.25, 0.3) is 0 Å². The summed E-state index contributed by atoms with van der Waals surface area (Å²) >= 11 is 0. The fourth-order valence-electron chi connectivity index (χ4n) is 5.55. The molecule has 5 rings (SSSR count). The lowest BCUT2D eigenvalue weighted by atomic mass is 9.79. The molecule has 0 bridgehead atoms. The van der Waals surface area contributed by atoms with Crippen molar-refractivity contribution in [3.8, 4) is 0 Å². The van der Waals surface area contributed by atoms with E-state index >= 15 is 0 Å². The second kappa shape index (κ2) is 6.10. The zero-order valence-electron chi connectivity index (χ0n) is 15.3. The molecule has 3 heterocycles. The molecule has 136 valence electrons. The monoisotopic (exact) mass is 342 g/mol. The van der Waals surface area contributed by atoms with Gasteiger partial charge < -0.3 is 9.47 Å². The van der Waals surface area contributed by atoms with Crippen molar-refractivity contribution in [3.63, 3.8) is 0 Å². The van der Waals surface area contributed by atoms with E-state index in [0.717, 1.165) is 44.1 Å². The maximum Gasteiger partial charge on any atom is 0.227 e. The van der Waals surface area contributed by atoms with Gasteiger partial charge in [-0.2, -0.15) is 0 Å². The normalized spacial score (nSPS) is 28.8. The predicted molar refractivity (Wildman–Crippen MR) is 95.1 cm³/mol. The van der Waals surface area contributed by atoms with E-state index in [2.05, 4.69) is 19.7 Å². The minimum absolute atomic E-state index is 0.138. The molecule has 2 aliphatic heterocycles. The Bertz CT molecular complexity index is 657. The summed E-state index contributed by atoms with van der Waals surface area (Å²) < 4.78 is 2.28. The molecule has 0 aromatic carbocycles. The van der Waals surface area contributed by atoms with Gasteiger partial charge in [-0.15, -0.1) is 10.2 Å². The number of carbonyl (C=O) groups is 1. The van der Waals surface area contributed by atoms with Crippen molar-refractivity contribution in [3.05, 3.63) is 11.6 Å². The highest BCUT2D eigenvalue weighted by Crippen LogP contribution is 2.46. The Morgan fingerprint density at radius 1 is 0.960 bits per heavy atom. The van der Waals surface area contributed by atoms with Crippen LogP contribution in [-0.4, -0.2) is 38.7 Å². The standard InChI is InChI=1S/C20H30N4O/c25-19(23-12-3-10-20(11-13-23)8-1-2-9-20)16-6-7-17-21-22-18(15-4-5-15)24(17)14-16/h15-16H,1-14H2. The van der Waals surface area contributed by atoms with Gasteiger partial charge in [-0.05, 0) is 56.8 Å². The molecule has 3 fully saturated rings. The lowest BCUT2D eigenvalue weighted by Gasteiger charge is -2.30. The maximum atomic E-state index is 13.2. The molecule has 1 atom stereocenters. The number of likely N-dealkylation sites (tertiary alicyclic amines) is 1. The largest absolute Gasteiger partial charge is 0.342 e. The van der Waals surface area contributed by atoms with Gasteiger partial charge in [0.1, 0.15) is 11.6 Å². The molecule has 1 unspecified atom stereocenters. The summed E-state index contributed by atoms with van der Waals surface area (Å²) in [7, 11) is 0. The number of aryl methyl sites for hydroxylation is 1. The Morgan fingerprint density at radius 2 is 1.76 bits per heavy atom. The molecule has 1 amide bonds. The summed E-state index contributed by atoms with van der Waals surface area (Å²) in [4.78, 5) is 15.4. The Kier molecular flexibility index (Phi) is 3.86. The van der Waals surface area contributed by atoms with Crippen LogP contribution in [0.15, 0.2) is 0 Å². The number of nitrogens with zero attached hydrogens (tertiary/aromatic N) is 4. The predicted octanol–water partition coefficient (Wildman–Crippen LogP) is 3.29. The molecular formula is C20H30N4O. The number of amides is 1. The Hall–Kier alpha value is -1.39. The molecule has 1 saturated heterocycles. The number of hydrogen-bond acceptors (Lipinski definition) is 3. The van der Waals surface area contributed by atoms with E-state index in [1.54, 1.807) is 0 Å². The third-order valence-electron chi connectivity index (χ3n) is 7.29. The van der Waals surface area contributed by atoms with Gasteiger partial charge in [0.2, 0.25) is 5.91 Å². The summed E-state index contributed by atoms with van der Waals surface area (Å²) in [6.45, 7) is 2.77. The SMILES string of the molecule is O=C(C1CCc2nnc(C3CC3)n2C1)N1CCCC2(CCCC2)CC1. The molecule has 0 radical (unpaired) electrons. The summed E-state index contributed by atoms with van der Waals surface area (Å²) in [5.41, 5.74) is 0.572. The van der Waals surface area contributed by atoms with E-state index in [0.29, 0.717) is 17.2 Å². The maximum absolute atomic E-state index is 13.2. The molecule has 1 aromatic rings. The summed E-state index contributed by atoms with van der Waals surface area (Å²) in [5, 5.41) is 8.79. The molecule has 25 heavy (non-hydrogen) atoms. The van der Waals surface area contributed by atoms with Crippen LogP contribution >= 0.6 is 0 Å². The first-order valence-electron chi connectivity index (χ1n) is 10.4. The summed E-state index contributed by atoms with van der Waals surface area (Å²) in [6.07, 6.45) is 13.7. The lowest BCUT2D eigenvalue weighted by Crippen LogP contribution is -2.40. The van der Waals surface area contributed by atoms with Crippen molar-refractivity contribution < 1.29 is 4.79 Å². The Labute approximate surface area is 150 Å². The fourth-order valence-corrected chi connectivity index (χ4v) is 5.55. The smallest absolute Gasteiger partial charge is 0.227 e. The van der Waals surface area contributed by atoms with Crippen LogP contribution in [0, 0.1) is 11.3 Å². The number of aromatic nitrogens is 3. The molecule has 1 spiro atoms. The quantitative estimate of drug-likeness (QED) is 0.829. The van der Waals surface area contributed by atoms with Gasteiger partial charge >= 0.3 is 0 Å². The summed E-state index contributed by atoms with van der Waals surface area (Å²) in [5.74, 6) is 3.39. The zero-order valence-corrected chi connectivity index (χ0v) is 15.3. The van der Waals surface area contributed by atoms with Crippen molar-refractivity contribution in [2.45, 2.75) is 83.1 Å². The molecule has 1 aromatic heterocycles. The zero-order chi connectivity index (χ0) is 16.9. The average molecular weight is 342 g/mol. The molecule has 5 nitrogen and oxygen atoms in total. The molecule has 4 aliphatic rings. The van der Waals surface area contributed by atoms with E-state index in [4.69, 9.17) is 0 Å². The minimum atomic E-state index is 0.138. The third-order valence-corrected chi connectivity index (χ3v) is 7.29. The first-order chi connectivity index (χ1) is 12.2. The van der Waals surface area contributed by atoms with Crippen molar-refractivity contribution >= 4 is 5.91 Å². The van der Waals surface area contributed by atoms with Crippen LogP contribution in [0.2, 0.25) is 0 Å². The highest BCUT2D eigenvalue weighted by molar-refractivity contribution is 5.79. The van der Waals surface area contributed by atoms with E-state index in [9.17, 15) is 4.79 Å². The molecule has 5 heteroatoms. The van der Waals surface area contributed by atoms with Crippen molar-refractivity contribution in [1.29, 1.82) is 0 Å². The van der Waals surface area contributed by atoms with E-state index < -0.39 is 0 Å². The lowest BCUT2D eigenvalue weighted by molar-refractivity contribution is -0.136. The fraction of sp³-hybridized carbons (Fsp3) is 0.850. The van der Waals surface area contributed by atoms with Gasteiger partial charge in [-0.1, -0.05) is 12.8 Å². The van der Waals surface area contributed by atoms with Gasteiger partial charge in [-0.25, -0.2) is 0 Å². The molecule has 2 saturated carbocycles. The highest BCUT2D eigenvalue weighted by atomic mass is 16.2. The second-order valence-electron chi connectivity index (χ2n) is 8.98. The van der Waals surface area contributed by atoms with Crippen LogP contribution in [0.25, 0.3) is 0 Å². The number of rotatable bonds is 2. The van der Waals surface area contributed by atoms with Gasteiger partial charge in [0.15, 0.2) is 0 Å². The van der Waals surface area contributed by atoms with E-state index in [1.165, 1.54) is 57.8 Å². The van der Waals surface area contributed by atoms with Crippen LogP contribution < -0.4 is 0 Å². The first-order valence-corrected chi connectivity index (χ1v) is 10.4. The molecular weight excluding hydrogens is 312 g/mol. The van der Waals surface area contributed by atoms with Gasteiger partial charge in [-0.3, -0.25) is 4.79 Å². The van der Waals surface area contributed by atoms with Crippen LogP contribution in [0.5, 0.6) is 0 Å². The van der Waals surface area contributed by atoms with Crippen molar-refractivity contribution in [2.24, 2.45) is 11.3 Å². The second-order valence-corrected chi connectivity index (χ2v) is 8.98. The Morgan fingerprint density at radius 3 is 2.56 bits per heavy atom. The van der Waals surface area contributed by atoms with Crippen LogP contribution in [0.1, 0.15) is 81.8 Å². The topological polar surface area (TPSA) is 51.0 Å². The van der Waals surface area contributed by atoms with Crippen molar-refractivity contribution in [1.82, 2.24) is 19.7 Å². The van der Waals surface area contributed by atoms with E-state index in [-0.39, 0.29) is 5.92 Å². The third kappa shape index (κ3) is 2.89. The van der Waals surface area contributed by atoms with E-state index in [1.807, 2.05) is 0 Å². The van der Waals surface area contributed by atoms with Crippen LogP contribution in [0.3, 0.4) is 0 Å². The minimum Gasteiger partial charge on any atom is -0.342 e. The number of fused-ring (bicyclic) bond motifs is 1. The van der Waals surface area contributed by atoms with Gasteiger partial charge in [0, 0.05) is 32.0 Å².